The molecule has 0 radical (unpaired) electrons. The summed E-state index contributed by atoms with van der Waals surface area (Å²) in [5.41, 5.74) is 12.5. The first kappa shape index (κ1) is 18.3. The number of carbonyl (C=O) groups is 1. The van der Waals surface area contributed by atoms with Crippen LogP contribution in [0.3, 0.4) is 0 Å². The minimum atomic E-state index is 0.150. The Balaban J connectivity index is 2.10. The maximum Gasteiger partial charge on any atom is 0.305 e. The van der Waals surface area contributed by atoms with Gasteiger partial charge in [-0.15, -0.1) is 10.5 Å². The molecule has 0 saturated heterocycles. The quantitative estimate of drug-likeness (QED) is 0.169. The zero-order chi connectivity index (χ0) is 18.1. The van der Waals surface area contributed by atoms with Gasteiger partial charge in [0.2, 0.25) is 0 Å². The van der Waals surface area contributed by atoms with Crippen LogP contribution in [0.2, 0.25) is 0 Å². The topological polar surface area (TPSA) is 90.7 Å². The third-order valence-corrected chi connectivity index (χ3v) is 4.05. The lowest BCUT2D eigenvalue weighted by Gasteiger charge is -2.12. The Morgan fingerprint density at radius 1 is 1.44 bits per heavy atom. The number of allylic oxidation sites excluding steroid dienone is 1. The minimum Gasteiger partial charge on any atom is -0.391 e. The number of thiophene rings is 1. The normalized spacial score (nSPS) is 11.2. The summed E-state index contributed by atoms with van der Waals surface area (Å²) in [7, 11) is 0. The number of carbonyl (C=O) groups excluding carboxylic acids is 1. The Labute approximate surface area is 149 Å². The van der Waals surface area contributed by atoms with Crippen molar-refractivity contribution >= 4 is 35.2 Å². The van der Waals surface area contributed by atoms with Crippen LogP contribution in [-0.4, -0.2) is 12.1 Å². The van der Waals surface area contributed by atoms with Gasteiger partial charge in [0.25, 0.3) is 0 Å². The van der Waals surface area contributed by atoms with Crippen LogP contribution in [0.25, 0.3) is 16.5 Å². The number of hydrogen-bond donors (Lipinski definition) is 0. The standard InChI is InChI=1S/C17H17N5O2S/c1-13-4-3-5-17(22(12-23)21-20-18)16(13)10-24-19-14(2)6-7-15-8-9-25-11-15/h3-9,11-12H,10H2,1-2H3/b7-6+,19-14?. The van der Waals surface area contributed by atoms with Gasteiger partial charge in [-0.3, -0.25) is 0 Å². The predicted octanol–water partition coefficient (Wildman–Crippen LogP) is 4.85. The number of azide groups is 1. The minimum absolute atomic E-state index is 0.150. The molecule has 0 aliphatic rings. The Bertz CT molecular complexity index is 824. The Hall–Kier alpha value is -3.09. The van der Waals surface area contributed by atoms with E-state index in [0.29, 0.717) is 17.8 Å². The van der Waals surface area contributed by atoms with Gasteiger partial charge in [0.15, 0.2) is 0 Å². The van der Waals surface area contributed by atoms with E-state index in [2.05, 4.69) is 15.3 Å². The number of oxime groups is 1. The monoisotopic (exact) mass is 355 g/mol. The van der Waals surface area contributed by atoms with Crippen LogP contribution in [0.4, 0.5) is 5.69 Å². The van der Waals surface area contributed by atoms with E-state index in [1.54, 1.807) is 23.5 Å². The number of aryl methyl sites for hydroxylation is 1. The molecule has 0 N–H and O–H groups in total. The van der Waals surface area contributed by atoms with E-state index in [-0.39, 0.29) is 6.61 Å². The Morgan fingerprint density at radius 2 is 2.28 bits per heavy atom. The van der Waals surface area contributed by atoms with Crippen molar-refractivity contribution < 1.29 is 9.63 Å². The SMILES string of the molecule is CC(/C=C/c1ccsc1)=NOCc1c(C)cccc1N(C=O)N=[N+]=[N-]. The number of rotatable bonds is 8. The summed E-state index contributed by atoms with van der Waals surface area (Å²) in [6.07, 6.45) is 4.27. The third-order valence-electron chi connectivity index (χ3n) is 3.35. The number of nitrogens with zero attached hydrogens (tertiary/aromatic N) is 5. The molecule has 1 amide bonds. The zero-order valence-corrected chi connectivity index (χ0v) is 14.7. The van der Waals surface area contributed by atoms with Gasteiger partial charge in [-0.25, -0.2) is 4.79 Å². The Kier molecular flexibility index (Phi) is 6.76. The lowest BCUT2D eigenvalue weighted by atomic mass is 10.1. The molecule has 0 aliphatic carbocycles. The molecule has 8 heteroatoms. The number of benzene rings is 1. The van der Waals surface area contributed by atoms with Gasteiger partial charge in [0.05, 0.1) is 5.71 Å². The van der Waals surface area contributed by atoms with Gasteiger partial charge in [-0.2, -0.15) is 16.2 Å². The first-order valence-corrected chi connectivity index (χ1v) is 8.35. The van der Waals surface area contributed by atoms with Crippen LogP contribution in [-0.2, 0) is 16.2 Å². The molecule has 1 aromatic heterocycles. The van der Waals surface area contributed by atoms with Crippen LogP contribution in [0.15, 0.2) is 51.5 Å². The highest BCUT2D eigenvalue weighted by Crippen LogP contribution is 2.24. The maximum absolute atomic E-state index is 11.1. The molecule has 25 heavy (non-hydrogen) atoms. The zero-order valence-electron chi connectivity index (χ0n) is 13.9. The molecular weight excluding hydrogens is 338 g/mol. The van der Waals surface area contributed by atoms with E-state index >= 15 is 0 Å². The van der Waals surface area contributed by atoms with Crippen LogP contribution in [0.1, 0.15) is 23.6 Å². The second-order valence-corrected chi connectivity index (χ2v) is 5.88. The van der Waals surface area contributed by atoms with Crippen molar-refractivity contribution in [2.45, 2.75) is 20.5 Å². The lowest BCUT2D eigenvalue weighted by molar-refractivity contribution is -0.107. The molecule has 0 unspecified atom stereocenters. The molecule has 0 aliphatic heterocycles. The van der Waals surface area contributed by atoms with Crippen molar-refractivity contribution in [1.29, 1.82) is 0 Å². The van der Waals surface area contributed by atoms with E-state index in [1.165, 1.54) is 0 Å². The molecule has 0 saturated carbocycles. The van der Waals surface area contributed by atoms with Crippen molar-refractivity contribution in [2.24, 2.45) is 10.4 Å². The Morgan fingerprint density at radius 3 is 2.96 bits per heavy atom. The average Bonchev–Trinajstić information content (AvgIpc) is 3.13. The molecule has 2 aromatic rings. The van der Waals surface area contributed by atoms with Crippen molar-refractivity contribution in [3.05, 3.63) is 68.2 Å². The molecule has 2 rings (SSSR count). The maximum atomic E-state index is 11.1. The van der Waals surface area contributed by atoms with Gasteiger partial charge in [0, 0.05) is 5.56 Å². The molecule has 7 nitrogen and oxygen atoms in total. The molecule has 0 bridgehead atoms. The number of hydrogen-bond acceptors (Lipinski definition) is 5. The van der Waals surface area contributed by atoms with E-state index in [4.69, 9.17) is 10.4 Å². The molecule has 1 heterocycles. The summed E-state index contributed by atoms with van der Waals surface area (Å²) in [5, 5.41) is 12.4. The van der Waals surface area contributed by atoms with Crippen molar-refractivity contribution in [3.8, 4) is 0 Å². The highest BCUT2D eigenvalue weighted by molar-refractivity contribution is 7.08. The fourth-order valence-corrected chi connectivity index (χ4v) is 2.70. The summed E-state index contributed by atoms with van der Waals surface area (Å²) in [6, 6.07) is 7.35. The van der Waals surface area contributed by atoms with Gasteiger partial charge in [0.1, 0.15) is 12.3 Å². The van der Waals surface area contributed by atoms with Gasteiger partial charge >= 0.3 is 6.41 Å². The van der Waals surface area contributed by atoms with E-state index in [9.17, 15) is 4.79 Å². The lowest BCUT2D eigenvalue weighted by Crippen LogP contribution is -2.15. The summed E-state index contributed by atoms with van der Waals surface area (Å²) >= 11 is 1.63. The first-order valence-electron chi connectivity index (χ1n) is 7.40. The summed E-state index contributed by atoms with van der Waals surface area (Å²) in [6.45, 7) is 3.87. The van der Waals surface area contributed by atoms with Gasteiger partial charge in [-0.05, 0) is 59.2 Å². The van der Waals surface area contributed by atoms with E-state index < -0.39 is 0 Å². The van der Waals surface area contributed by atoms with Crippen LogP contribution >= 0.6 is 11.3 Å². The second-order valence-electron chi connectivity index (χ2n) is 5.10. The molecule has 1 aromatic carbocycles. The summed E-state index contributed by atoms with van der Waals surface area (Å²) < 4.78 is 0. The van der Waals surface area contributed by atoms with Crippen LogP contribution in [0, 0.1) is 6.92 Å². The third kappa shape index (κ3) is 5.20. The van der Waals surface area contributed by atoms with Gasteiger partial charge in [-0.1, -0.05) is 23.4 Å². The first-order chi connectivity index (χ1) is 12.2. The molecular formula is C17H17N5O2S. The largest absolute Gasteiger partial charge is 0.391 e. The van der Waals surface area contributed by atoms with Crippen LogP contribution < -0.4 is 5.01 Å². The van der Waals surface area contributed by atoms with E-state index in [1.807, 2.05) is 48.9 Å². The van der Waals surface area contributed by atoms with Gasteiger partial charge < -0.3 is 4.84 Å². The summed E-state index contributed by atoms with van der Waals surface area (Å²) in [5.74, 6) is 0. The molecule has 0 spiro atoms. The highest BCUT2D eigenvalue weighted by Gasteiger charge is 2.16. The smallest absolute Gasteiger partial charge is 0.305 e. The molecule has 128 valence electrons. The number of anilines is 1. The van der Waals surface area contributed by atoms with Crippen molar-refractivity contribution in [3.63, 3.8) is 0 Å². The fraction of sp³-hybridized carbons (Fsp3) is 0.176. The van der Waals surface area contributed by atoms with Crippen LogP contribution in [0.5, 0.6) is 0 Å². The average molecular weight is 355 g/mol. The second kappa shape index (κ2) is 9.27. The molecule has 0 atom stereocenters. The predicted molar refractivity (Wildman–Crippen MR) is 100 cm³/mol. The fourth-order valence-electron chi connectivity index (χ4n) is 2.07. The van der Waals surface area contributed by atoms with Crippen molar-refractivity contribution in [1.82, 2.24) is 0 Å². The summed E-state index contributed by atoms with van der Waals surface area (Å²) in [4.78, 5) is 19.2. The number of amides is 1. The van der Waals surface area contributed by atoms with Crippen molar-refractivity contribution in [2.75, 3.05) is 5.01 Å². The van der Waals surface area contributed by atoms with E-state index in [0.717, 1.165) is 21.7 Å². The molecule has 0 fully saturated rings. The highest BCUT2D eigenvalue weighted by atomic mass is 32.1.